The Labute approximate surface area is 191 Å². The topological polar surface area (TPSA) is 97.2 Å². The predicted molar refractivity (Wildman–Crippen MR) is 123 cm³/mol. The molecular weight excluding hydrogens is 430 g/mol. The van der Waals surface area contributed by atoms with Crippen molar-refractivity contribution in [2.45, 2.75) is 18.9 Å². The fourth-order valence-corrected chi connectivity index (χ4v) is 3.96. The van der Waals surface area contributed by atoms with Crippen LogP contribution in [0.3, 0.4) is 0 Å². The largest absolute Gasteiger partial charge is 0.495 e. The predicted octanol–water partition coefficient (Wildman–Crippen LogP) is 2.02. The number of ether oxygens (including phenoxy) is 1. The van der Waals surface area contributed by atoms with E-state index in [1.165, 1.54) is 0 Å². The number of carbonyl (C=O) groups excluding carboxylic acids is 1. The number of aromatic nitrogens is 4. The van der Waals surface area contributed by atoms with E-state index in [0.717, 1.165) is 12.1 Å². The lowest BCUT2D eigenvalue weighted by Crippen LogP contribution is -2.58. The number of methoxy groups -OCH3 is 1. The lowest BCUT2D eigenvalue weighted by atomic mass is 10.0. The summed E-state index contributed by atoms with van der Waals surface area (Å²) >= 11 is 6.25. The van der Waals surface area contributed by atoms with Gasteiger partial charge >= 0.3 is 0 Å². The van der Waals surface area contributed by atoms with Crippen LogP contribution in [0.4, 0.5) is 5.82 Å². The van der Waals surface area contributed by atoms with E-state index in [-0.39, 0.29) is 17.9 Å². The van der Waals surface area contributed by atoms with Crippen molar-refractivity contribution in [2.24, 2.45) is 0 Å². The molecule has 2 atom stereocenters. The summed E-state index contributed by atoms with van der Waals surface area (Å²) in [6.45, 7) is 4.53. The number of benzene rings is 1. The molecule has 1 fully saturated rings. The van der Waals surface area contributed by atoms with Gasteiger partial charge < -0.3 is 20.3 Å². The smallest absolute Gasteiger partial charge is 0.244 e. The molecule has 1 aromatic carbocycles. The van der Waals surface area contributed by atoms with Gasteiger partial charge in [-0.1, -0.05) is 24.6 Å². The summed E-state index contributed by atoms with van der Waals surface area (Å²) in [6.07, 6.45) is 6.81. The summed E-state index contributed by atoms with van der Waals surface area (Å²) in [5, 5.41) is 6.95. The van der Waals surface area contributed by atoms with Crippen molar-refractivity contribution >= 4 is 23.3 Å². The van der Waals surface area contributed by atoms with Crippen LogP contribution in [0.2, 0.25) is 5.02 Å². The average Bonchev–Trinajstić information content (AvgIpc) is 3.37. The number of nitrogens with zero attached hydrogens (tertiary/aromatic N) is 5. The van der Waals surface area contributed by atoms with Crippen LogP contribution in [0.5, 0.6) is 5.75 Å². The van der Waals surface area contributed by atoms with Gasteiger partial charge in [-0.15, -0.1) is 0 Å². The molecule has 1 amide bonds. The molecule has 0 spiro atoms. The second kappa shape index (κ2) is 9.97. The summed E-state index contributed by atoms with van der Waals surface area (Å²) in [4.78, 5) is 28.1. The number of anilines is 1. The molecule has 0 radical (unpaired) electrons. The van der Waals surface area contributed by atoms with Crippen LogP contribution in [0.1, 0.15) is 18.4 Å². The highest BCUT2D eigenvalue weighted by Crippen LogP contribution is 2.28. The first kappa shape index (κ1) is 22.0. The Morgan fingerprint density at radius 2 is 2.25 bits per heavy atom. The molecule has 0 aliphatic carbocycles. The van der Waals surface area contributed by atoms with Crippen LogP contribution in [0.15, 0.2) is 49.2 Å². The van der Waals surface area contributed by atoms with E-state index in [9.17, 15) is 4.79 Å². The third kappa shape index (κ3) is 4.84. The van der Waals surface area contributed by atoms with Crippen molar-refractivity contribution in [3.8, 4) is 11.7 Å². The molecule has 10 heteroatoms. The molecule has 3 heterocycles. The number of halogens is 1. The van der Waals surface area contributed by atoms with Crippen LogP contribution in [0, 0.1) is 0 Å². The van der Waals surface area contributed by atoms with Gasteiger partial charge in [0.1, 0.15) is 23.9 Å². The Balaban J connectivity index is 1.44. The normalized spacial score (nSPS) is 17.1. The number of hydrogen-bond acceptors (Lipinski definition) is 7. The molecule has 0 bridgehead atoms. The summed E-state index contributed by atoms with van der Waals surface area (Å²) in [7, 11) is 1.59. The Kier molecular flexibility index (Phi) is 6.87. The first-order valence-electron chi connectivity index (χ1n) is 10.5. The molecule has 32 heavy (non-hydrogen) atoms. The van der Waals surface area contributed by atoms with E-state index >= 15 is 0 Å². The molecule has 2 unspecified atom stereocenters. The van der Waals surface area contributed by atoms with Gasteiger partial charge in [0.2, 0.25) is 11.9 Å². The fourth-order valence-electron chi connectivity index (χ4n) is 3.69. The number of hydrogen-bond donors (Lipinski definition) is 2. The second-order valence-electron chi connectivity index (χ2n) is 7.64. The minimum atomic E-state index is -0.374. The maximum absolute atomic E-state index is 13.1. The SMILES string of the molecule is COc1ccc(C(C)CNC(=O)C2CNCCN2c2ccnc(-n3ccnc3)n2)cc1Cl. The Bertz CT molecular complexity index is 1060. The van der Waals surface area contributed by atoms with Crippen molar-refractivity contribution in [2.75, 3.05) is 38.2 Å². The highest BCUT2D eigenvalue weighted by Gasteiger charge is 2.30. The molecule has 1 saturated heterocycles. The zero-order valence-electron chi connectivity index (χ0n) is 18.0. The molecule has 1 aliphatic rings. The van der Waals surface area contributed by atoms with E-state index in [1.807, 2.05) is 29.2 Å². The maximum Gasteiger partial charge on any atom is 0.244 e. The van der Waals surface area contributed by atoms with E-state index in [4.69, 9.17) is 16.3 Å². The van der Waals surface area contributed by atoms with Crippen LogP contribution >= 0.6 is 11.6 Å². The van der Waals surface area contributed by atoms with E-state index in [0.29, 0.717) is 42.2 Å². The van der Waals surface area contributed by atoms with Crippen molar-refractivity contribution < 1.29 is 9.53 Å². The molecule has 9 nitrogen and oxygen atoms in total. The van der Waals surface area contributed by atoms with Crippen molar-refractivity contribution in [1.29, 1.82) is 0 Å². The first-order chi connectivity index (χ1) is 15.6. The lowest BCUT2D eigenvalue weighted by Gasteiger charge is -2.36. The summed E-state index contributed by atoms with van der Waals surface area (Å²) in [5.41, 5.74) is 1.04. The number of rotatable bonds is 7. The van der Waals surface area contributed by atoms with Crippen LogP contribution in [0.25, 0.3) is 5.95 Å². The number of imidazole rings is 1. The molecule has 3 aromatic rings. The lowest BCUT2D eigenvalue weighted by molar-refractivity contribution is -0.122. The molecule has 168 valence electrons. The van der Waals surface area contributed by atoms with E-state index in [1.54, 1.807) is 36.6 Å². The average molecular weight is 456 g/mol. The second-order valence-corrected chi connectivity index (χ2v) is 8.05. The molecular formula is C22H26ClN7O2. The van der Waals surface area contributed by atoms with Gasteiger partial charge in [0.25, 0.3) is 0 Å². The van der Waals surface area contributed by atoms with Crippen LogP contribution < -0.4 is 20.3 Å². The molecule has 2 aromatic heterocycles. The monoisotopic (exact) mass is 455 g/mol. The zero-order valence-corrected chi connectivity index (χ0v) is 18.8. The van der Waals surface area contributed by atoms with Crippen molar-refractivity contribution in [1.82, 2.24) is 30.2 Å². The van der Waals surface area contributed by atoms with Gasteiger partial charge in [-0.2, -0.15) is 4.98 Å². The number of amides is 1. The minimum Gasteiger partial charge on any atom is -0.495 e. The van der Waals surface area contributed by atoms with Gasteiger partial charge in [-0.25, -0.2) is 9.97 Å². The van der Waals surface area contributed by atoms with Crippen LogP contribution in [-0.2, 0) is 4.79 Å². The maximum atomic E-state index is 13.1. The Morgan fingerprint density at radius 3 is 3.00 bits per heavy atom. The van der Waals surface area contributed by atoms with Gasteiger partial charge in [-0.3, -0.25) is 9.36 Å². The zero-order chi connectivity index (χ0) is 22.5. The standard InChI is InChI=1S/C22H26ClN7O2/c1-15(16-3-4-19(32-2)17(23)11-16)12-27-21(31)18-13-24-8-10-30(18)20-5-6-26-22(28-20)29-9-7-25-14-29/h3-7,9,11,14-15,18,24H,8,10,12-13H2,1-2H3,(H,27,31). The Morgan fingerprint density at radius 1 is 1.38 bits per heavy atom. The van der Waals surface area contributed by atoms with Crippen molar-refractivity contribution in [3.05, 3.63) is 59.8 Å². The molecule has 0 saturated carbocycles. The summed E-state index contributed by atoms with van der Waals surface area (Å²) in [5.74, 6) is 1.91. The summed E-state index contributed by atoms with van der Waals surface area (Å²) < 4.78 is 6.95. The Hall–Kier alpha value is -3.17. The highest BCUT2D eigenvalue weighted by atomic mass is 35.5. The third-order valence-electron chi connectivity index (χ3n) is 5.53. The summed E-state index contributed by atoms with van der Waals surface area (Å²) in [6, 6.07) is 7.14. The minimum absolute atomic E-state index is 0.0496. The van der Waals surface area contributed by atoms with E-state index in [2.05, 4.69) is 32.5 Å². The van der Waals surface area contributed by atoms with Gasteiger partial charge in [-0.05, 0) is 29.7 Å². The van der Waals surface area contributed by atoms with Crippen molar-refractivity contribution in [3.63, 3.8) is 0 Å². The highest BCUT2D eigenvalue weighted by molar-refractivity contribution is 6.32. The quantitative estimate of drug-likeness (QED) is 0.562. The number of nitrogens with one attached hydrogen (secondary N) is 2. The molecule has 1 aliphatic heterocycles. The van der Waals surface area contributed by atoms with Gasteiger partial charge in [0.05, 0.1) is 12.1 Å². The molecule has 2 N–H and O–H groups in total. The molecule has 4 rings (SSSR count). The van der Waals surface area contributed by atoms with Gasteiger partial charge in [0, 0.05) is 44.8 Å². The number of carbonyl (C=O) groups is 1. The third-order valence-corrected chi connectivity index (χ3v) is 5.83. The first-order valence-corrected chi connectivity index (χ1v) is 10.8. The van der Waals surface area contributed by atoms with E-state index < -0.39 is 0 Å². The number of piperazine rings is 1. The van der Waals surface area contributed by atoms with Gasteiger partial charge in [0.15, 0.2) is 0 Å². The van der Waals surface area contributed by atoms with Crippen LogP contribution in [-0.4, -0.2) is 64.8 Å². The fraction of sp³-hybridized carbons (Fsp3) is 0.364.